The Hall–Kier alpha value is -1.44. The van der Waals surface area contributed by atoms with Crippen LogP contribution in [0.2, 0.25) is 0 Å². The molecule has 2 aliphatic rings. The van der Waals surface area contributed by atoms with Crippen LogP contribution in [-0.4, -0.2) is 67.6 Å². The van der Waals surface area contributed by atoms with E-state index in [2.05, 4.69) is 10.2 Å². The first kappa shape index (κ1) is 18.4. The highest BCUT2D eigenvalue weighted by molar-refractivity contribution is 7.10. The molecule has 3 heterocycles. The summed E-state index contributed by atoms with van der Waals surface area (Å²) in [5, 5.41) is 5.08. The summed E-state index contributed by atoms with van der Waals surface area (Å²) in [7, 11) is 0. The molecule has 138 valence electrons. The van der Waals surface area contributed by atoms with Gasteiger partial charge in [-0.05, 0) is 44.3 Å². The van der Waals surface area contributed by atoms with E-state index in [1.807, 2.05) is 29.3 Å². The van der Waals surface area contributed by atoms with Crippen LogP contribution in [0.15, 0.2) is 17.5 Å². The number of thiophene rings is 1. The Balaban J connectivity index is 1.40. The van der Waals surface area contributed by atoms with Gasteiger partial charge in [0.15, 0.2) is 0 Å². The minimum atomic E-state index is 0.0490. The molecule has 3 rings (SSSR count). The zero-order chi connectivity index (χ0) is 17.6. The number of rotatable bonds is 5. The molecule has 2 fully saturated rings. The van der Waals surface area contributed by atoms with Gasteiger partial charge in [0.25, 0.3) is 0 Å². The molecule has 0 saturated carbocycles. The number of nitrogens with zero attached hydrogens (tertiary/aromatic N) is 2. The fourth-order valence-electron chi connectivity index (χ4n) is 3.48. The van der Waals surface area contributed by atoms with Crippen LogP contribution < -0.4 is 5.32 Å². The molecule has 2 saturated heterocycles. The zero-order valence-electron chi connectivity index (χ0n) is 14.8. The van der Waals surface area contributed by atoms with E-state index in [4.69, 9.17) is 4.74 Å². The Morgan fingerprint density at radius 1 is 1.28 bits per heavy atom. The molecule has 2 aliphatic heterocycles. The predicted octanol–water partition coefficient (Wildman–Crippen LogP) is 1.50. The largest absolute Gasteiger partial charge is 0.378 e. The smallest absolute Gasteiger partial charge is 0.234 e. The molecule has 0 aliphatic carbocycles. The number of nitrogens with one attached hydrogen (secondary N) is 1. The van der Waals surface area contributed by atoms with Gasteiger partial charge in [0, 0.05) is 23.9 Å². The SMILES string of the molecule is CC(NC(=O)CN1CCC(C(=O)N2CCOCC2)CC1)c1cccs1. The predicted molar refractivity (Wildman–Crippen MR) is 97.4 cm³/mol. The van der Waals surface area contributed by atoms with E-state index >= 15 is 0 Å². The molecule has 6 nitrogen and oxygen atoms in total. The molecular weight excluding hydrogens is 338 g/mol. The Kier molecular flexibility index (Phi) is 6.45. The van der Waals surface area contributed by atoms with Crippen LogP contribution in [-0.2, 0) is 14.3 Å². The number of carbonyl (C=O) groups excluding carboxylic acids is 2. The van der Waals surface area contributed by atoms with Crippen molar-refractivity contribution in [2.24, 2.45) is 5.92 Å². The van der Waals surface area contributed by atoms with Crippen molar-refractivity contribution in [3.63, 3.8) is 0 Å². The summed E-state index contributed by atoms with van der Waals surface area (Å²) in [4.78, 5) is 30.0. The molecule has 1 unspecified atom stereocenters. The lowest BCUT2D eigenvalue weighted by Gasteiger charge is -2.35. The van der Waals surface area contributed by atoms with Gasteiger partial charge >= 0.3 is 0 Å². The molecule has 7 heteroatoms. The van der Waals surface area contributed by atoms with Crippen molar-refractivity contribution in [3.8, 4) is 0 Å². The standard InChI is InChI=1S/C18H27N3O3S/c1-14(16-3-2-12-25-16)19-17(22)13-20-6-4-15(5-7-20)18(23)21-8-10-24-11-9-21/h2-3,12,14-15H,4-11,13H2,1H3,(H,19,22). The average molecular weight is 365 g/mol. The van der Waals surface area contributed by atoms with Gasteiger partial charge in [-0.3, -0.25) is 14.5 Å². The Morgan fingerprint density at radius 2 is 2.00 bits per heavy atom. The number of ether oxygens (including phenoxy) is 1. The quantitative estimate of drug-likeness (QED) is 0.859. The summed E-state index contributed by atoms with van der Waals surface area (Å²) in [6.45, 7) is 6.75. The monoisotopic (exact) mass is 365 g/mol. The van der Waals surface area contributed by atoms with Gasteiger partial charge in [0.1, 0.15) is 0 Å². The van der Waals surface area contributed by atoms with Crippen molar-refractivity contribution in [1.29, 1.82) is 0 Å². The molecule has 1 aromatic heterocycles. The van der Waals surface area contributed by atoms with E-state index in [0.717, 1.165) is 25.9 Å². The second-order valence-corrected chi connectivity index (χ2v) is 7.77. The summed E-state index contributed by atoms with van der Waals surface area (Å²) >= 11 is 1.66. The molecule has 25 heavy (non-hydrogen) atoms. The summed E-state index contributed by atoms with van der Waals surface area (Å²) in [5.41, 5.74) is 0. The summed E-state index contributed by atoms with van der Waals surface area (Å²) < 4.78 is 5.31. The van der Waals surface area contributed by atoms with Crippen LogP contribution in [0.3, 0.4) is 0 Å². The molecule has 0 aromatic carbocycles. The number of morpholine rings is 1. The summed E-state index contributed by atoms with van der Waals surface area (Å²) in [6.07, 6.45) is 1.67. The van der Waals surface area contributed by atoms with E-state index < -0.39 is 0 Å². The minimum Gasteiger partial charge on any atom is -0.378 e. The van der Waals surface area contributed by atoms with Crippen molar-refractivity contribution in [3.05, 3.63) is 22.4 Å². The Labute approximate surface area is 153 Å². The van der Waals surface area contributed by atoms with E-state index in [1.54, 1.807) is 11.3 Å². The molecule has 0 bridgehead atoms. The lowest BCUT2D eigenvalue weighted by molar-refractivity contribution is -0.141. The third-order valence-electron chi connectivity index (χ3n) is 4.97. The topological polar surface area (TPSA) is 61.9 Å². The van der Waals surface area contributed by atoms with Crippen LogP contribution >= 0.6 is 11.3 Å². The molecule has 1 atom stereocenters. The van der Waals surface area contributed by atoms with E-state index in [-0.39, 0.29) is 23.8 Å². The normalized spacial score (nSPS) is 21.1. The Bertz CT molecular complexity index is 564. The molecular formula is C18H27N3O3S. The van der Waals surface area contributed by atoms with Gasteiger partial charge in [-0.1, -0.05) is 6.07 Å². The summed E-state index contributed by atoms with van der Waals surface area (Å²) in [5.74, 6) is 0.417. The van der Waals surface area contributed by atoms with Crippen molar-refractivity contribution < 1.29 is 14.3 Å². The molecule has 0 radical (unpaired) electrons. The lowest BCUT2D eigenvalue weighted by atomic mass is 9.95. The zero-order valence-corrected chi connectivity index (χ0v) is 15.6. The van der Waals surface area contributed by atoms with Crippen molar-refractivity contribution in [2.75, 3.05) is 45.9 Å². The van der Waals surface area contributed by atoms with Gasteiger partial charge < -0.3 is 15.0 Å². The van der Waals surface area contributed by atoms with Gasteiger partial charge in [-0.2, -0.15) is 0 Å². The first-order valence-electron chi connectivity index (χ1n) is 9.05. The van der Waals surface area contributed by atoms with Gasteiger partial charge in [0.2, 0.25) is 11.8 Å². The molecule has 1 aromatic rings. The molecule has 0 spiro atoms. The number of carbonyl (C=O) groups is 2. The maximum Gasteiger partial charge on any atom is 0.234 e. The van der Waals surface area contributed by atoms with Crippen LogP contribution in [0.4, 0.5) is 0 Å². The second-order valence-electron chi connectivity index (χ2n) is 6.79. The van der Waals surface area contributed by atoms with Gasteiger partial charge in [0.05, 0.1) is 25.8 Å². The third kappa shape index (κ3) is 5.03. The second kappa shape index (κ2) is 8.78. The number of amides is 2. The lowest BCUT2D eigenvalue weighted by Crippen LogP contribution is -2.48. The van der Waals surface area contributed by atoms with Crippen LogP contribution in [0.25, 0.3) is 0 Å². The fourth-order valence-corrected chi connectivity index (χ4v) is 4.21. The van der Waals surface area contributed by atoms with E-state index in [9.17, 15) is 9.59 Å². The highest BCUT2D eigenvalue weighted by Crippen LogP contribution is 2.21. The Morgan fingerprint density at radius 3 is 2.64 bits per heavy atom. The van der Waals surface area contributed by atoms with Crippen molar-refractivity contribution >= 4 is 23.2 Å². The average Bonchev–Trinajstić information content (AvgIpc) is 3.17. The molecule has 1 N–H and O–H groups in total. The minimum absolute atomic E-state index is 0.0490. The number of hydrogen-bond acceptors (Lipinski definition) is 5. The van der Waals surface area contributed by atoms with Crippen LogP contribution in [0.5, 0.6) is 0 Å². The van der Waals surface area contributed by atoms with Gasteiger partial charge in [-0.15, -0.1) is 11.3 Å². The fraction of sp³-hybridized carbons (Fsp3) is 0.667. The number of hydrogen-bond donors (Lipinski definition) is 1. The number of piperidine rings is 1. The van der Waals surface area contributed by atoms with E-state index in [1.165, 1.54) is 4.88 Å². The maximum absolute atomic E-state index is 12.5. The first-order chi connectivity index (χ1) is 12.1. The van der Waals surface area contributed by atoms with Crippen LogP contribution in [0, 0.1) is 5.92 Å². The maximum atomic E-state index is 12.5. The van der Waals surface area contributed by atoms with Gasteiger partial charge in [-0.25, -0.2) is 0 Å². The highest BCUT2D eigenvalue weighted by atomic mass is 32.1. The van der Waals surface area contributed by atoms with Crippen molar-refractivity contribution in [2.45, 2.75) is 25.8 Å². The van der Waals surface area contributed by atoms with Crippen molar-refractivity contribution in [1.82, 2.24) is 15.1 Å². The molecule has 2 amide bonds. The highest BCUT2D eigenvalue weighted by Gasteiger charge is 2.30. The van der Waals surface area contributed by atoms with E-state index in [0.29, 0.717) is 32.8 Å². The summed E-state index contributed by atoms with van der Waals surface area (Å²) in [6, 6.07) is 4.09. The first-order valence-corrected chi connectivity index (χ1v) is 9.93. The number of likely N-dealkylation sites (tertiary alicyclic amines) is 1. The van der Waals surface area contributed by atoms with Crippen LogP contribution in [0.1, 0.15) is 30.7 Å². The third-order valence-corrected chi connectivity index (χ3v) is 6.03.